The molecule has 5 heteroatoms. The van der Waals surface area contributed by atoms with Crippen LogP contribution in [0.2, 0.25) is 5.02 Å². The second-order valence-electron chi connectivity index (χ2n) is 4.45. The Hall–Kier alpha value is -2.04. The van der Waals surface area contributed by atoms with Crippen molar-refractivity contribution in [1.29, 1.82) is 0 Å². The number of carbonyl (C=O) groups excluding carboxylic acids is 1. The third-order valence-electron chi connectivity index (χ3n) is 2.85. The number of carbonyl (C=O) groups is 1. The van der Waals surface area contributed by atoms with E-state index in [1.807, 2.05) is 30.3 Å². The summed E-state index contributed by atoms with van der Waals surface area (Å²) in [6, 6.07) is 13.4. The summed E-state index contributed by atoms with van der Waals surface area (Å²) in [7, 11) is 0. The second-order valence-corrected chi connectivity index (χ2v) is 4.86. The number of aromatic hydroxyl groups is 1. The summed E-state index contributed by atoms with van der Waals surface area (Å²) in [5.41, 5.74) is 7.37. The number of hydrogen-bond donors (Lipinski definition) is 3. The van der Waals surface area contributed by atoms with Crippen LogP contribution in [0.15, 0.2) is 48.5 Å². The molecule has 4 N–H and O–H groups in total. The zero-order valence-electron chi connectivity index (χ0n) is 10.7. The molecule has 0 fully saturated rings. The van der Waals surface area contributed by atoms with E-state index in [-0.39, 0.29) is 16.7 Å². The van der Waals surface area contributed by atoms with Crippen LogP contribution in [0.5, 0.6) is 5.75 Å². The lowest BCUT2D eigenvalue weighted by Crippen LogP contribution is -2.37. The number of rotatable bonds is 4. The first-order valence-corrected chi connectivity index (χ1v) is 6.53. The molecule has 2 aromatic carbocycles. The average Bonchev–Trinajstić information content (AvgIpc) is 2.44. The van der Waals surface area contributed by atoms with Crippen LogP contribution in [0.3, 0.4) is 0 Å². The molecule has 20 heavy (non-hydrogen) atoms. The van der Waals surface area contributed by atoms with E-state index in [4.69, 9.17) is 17.3 Å². The molecule has 1 unspecified atom stereocenters. The third-order valence-corrected chi connectivity index (χ3v) is 3.15. The fourth-order valence-electron chi connectivity index (χ4n) is 1.78. The summed E-state index contributed by atoms with van der Waals surface area (Å²) in [5.74, 6) is -0.325. The number of amides is 1. The van der Waals surface area contributed by atoms with E-state index >= 15 is 0 Å². The van der Waals surface area contributed by atoms with E-state index in [0.29, 0.717) is 12.1 Å². The van der Waals surface area contributed by atoms with Crippen molar-refractivity contribution in [2.24, 2.45) is 5.73 Å². The van der Waals surface area contributed by atoms with Gasteiger partial charge in [-0.2, -0.15) is 0 Å². The molecule has 4 nitrogen and oxygen atoms in total. The minimum Gasteiger partial charge on any atom is -0.506 e. The highest BCUT2D eigenvalue weighted by atomic mass is 35.5. The van der Waals surface area contributed by atoms with E-state index < -0.39 is 6.04 Å². The number of benzene rings is 2. The maximum absolute atomic E-state index is 12.0. The highest BCUT2D eigenvalue weighted by Crippen LogP contribution is 2.26. The van der Waals surface area contributed by atoms with Gasteiger partial charge in [0.25, 0.3) is 0 Å². The van der Waals surface area contributed by atoms with E-state index in [1.54, 1.807) is 6.07 Å². The Morgan fingerprint density at radius 3 is 2.60 bits per heavy atom. The fourth-order valence-corrected chi connectivity index (χ4v) is 1.96. The van der Waals surface area contributed by atoms with Crippen LogP contribution in [0.4, 0.5) is 5.69 Å². The molecular formula is C15H15ClN2O2. The van der Waals surface area contributed by atoms with Gasteiger partial charge in [0.2, 0.25) is 5.91 Å². The van der Waals surface area contributed by atoms with Crippen LogP contribution >= 0.6 is 11.6 Å². The second kappa shape index (κ2) is 6.41. The molecule has 0 saturated carbocycles. The molecule has 2 aromatic rings. The molecule has 0 heterocycles. The van der Waals surface area contributed by atoms with Gasteiger partial charge in [-0.15, -0.1) is 0 Å². The smallest absolute Gasteiger partial charge is 0.241 e. The van der Waals surface area contributed by atoms with Gasteiger partial charge in [0.1, 0.15) is 5.75 Å². The van der Waals surface area contributed by atoms with Gasteiger partial charge in [-0.1, -0.05) is 41.9 Å². The zero-order chi connectivity index (χ0) is 14.5. The Labute approximate surface area is 122 Å². The normalized spacial score (nSPS) is 11.9. The predicted octanol–water partition coefficient (Wildman–Crippen LogP) is 2.55. The highest BCUT2D eigenvalue weighted by Gasteiger charge is 2.14. The first-order valence-electron chi connectivity index (χ1n) is 6.15. The van der Waals surface area contributed by atoms with Crippen molar-refractivity contribution >= 4 is 23.2 Å². The van der Waals surface area contributed by atoms with Crippen molar-refractivity contribution in [1.82, 2.24) is 0 Å². The molecule has 0 aromatic heterocycles. The Balaban J connectivity index is 1.99. The number of hydrogen-bond acceptors (Lipinski definition) is 3. The molecule has 1 atom stereocenters. The maximum Gasteiger partial charge on any atom is 0.241 e. The number of phenolic OH excluding ortho intramolecular Hbond substituents is 1. The molecule has 0 saturated heterocycles. The van der Waals surface area contributed by atoms with Gasteiger partial charge < -0.3 is 16.2 Å². The minimum atomic E-state index is -0.648. The SMILES string of the molecule is NC(Cc1ccccc1)C(=O)Nc1ccc(O)c(Cl)c1. The summed E-state index contributed by atoms with van der Waals surface area (Å²) >= 11 is 5.77. The van der Waals surface area contributed by atoms with Gasteiger partial charge in [-0.05, 0) is 30.2 Å². The van der Waals surface area contributed by atoms with Crippen molar-refractivity contribution in [3.8, 4) is 5.75 Å². The molecule has 0 aliphatic rings. The van der Waals surface area contributed by atoms with Crippen LogP contribution < -0.4 is 11.1 Å². The van der Waals surface area contributed by atoms with Gasteiger partial charge in [0.15, 0.2) is 0 Å². The van der Waals surface area contributed by atoms with E-state index in [0.717, 1.165) is 5.56 Å². The molecule has 0 bridgehead atoms. The lowest BCUT2D eigenvalue weighted by Gasteiger charge is -2.12. The summed E-state index contributed by atoms with van der Waals surface area (Å²) in [6.07, 6.45) is 0.457. The third kappa shape index (κ3) is 3.73. The van der Waals surface area contributed by atoms with Crippen LogP contribution in [0.25, 0.3) is 0 Å². The summed E-state index contributed by atoms with van der Waals surface area (Å²) in [6.45, 7) is 0. The molecule has 1 amide bonds. The van der Waals surface area contributed by atoms with E-state index in [1.165, 1.54) is 12.1 Å². The molecule has 0 aliphatic carbocycles. The minimum absolute atomic E-state index is 0.0294. The lowest BCUT2D eigenvalue weighted by atomic mass is 10.1. The average molecular weight is 291 g/mol. The zero-order valence-corrected chi connectivity index (χ0v) is 11.5. The predicted molar refractivity (Wildman–Crippen MR) is 79.9 cm³/mol. The molecule has 104 valence electrons. The van der Waals surface area contributed by atoms with Crippen molar-refractivity contribution in [3.63, 3.8) is 0 Å². The fraction of sp³-hybridized carbons (Fsp3) is 0.133. The van der Waals surface area contributed by atoms with Gasteiger partial charge >= 0.3 is 0 Å². The largest absolute Gasteiger partial charge is 0.506 e. The molecular weight excluding hydrogens is 276 g/mol. The van der Waals surface area contributed by atoms with Crippen molar-refractivity contribution in [3.05, 3.63) is 59.1 Å². The number of nitrogens with one attached hydrogen (secondary N) is 1. The van der Waals surface area contributed by atoms with E-state index in [9.17, 15) is 9.90 Å². The van der Waals surface area contributed by atoms with Gasteiger partial charge in [0.05, 0.1) is 11.1 Å². The quantitative estimate of drug-likeness (QED) is 0.758. The summed E-state index contributed by atoms with van der Waals surface area (Å²) < 4.78 is 0. The molecule has 0 radical (unpaired) electrons. The van der Waals surface area contributed by atoms with Gasteiger partial charge in [-0.25, -0.2) is 0 Å². The summed E-state index contributed by atoms with van der Waals surface area (Å²) in [5, 5.41) is 12.2. The first-order chi connectivity index (χ1) is 9.56. The number of phenols is 1. The molecule has 2 rings (SSSR count). The van der Waals surface area contributed by atoms with Crippen molar-refractivity contribution in [2.45, 2.75) is 12.5 Å². The molecule has 0 aliphatic heterocycles. The van der Waals surface area contributed by atoms with E-state index in [2.05, 4.69) is 5.32 Å². The van der Waals surface area contributed by atoms with Crippen molar-refractivity contribution in [2.75, 3.05) is 5.32 Å². The molecule has 0 spiro atoms. The van der Waals surface area contributed by atoms with Gasteiger partial charge in [-0.3, -0.25) is 4.79 Å². The Morgan fingerprint density at radius 1 is 1.25 bits per heavy atom. The highest BCUT2D eigenvalue weighted by molar-refractivity contribution is 6.32. The Bertz CT molecular complexity index is 602. The maximum atomic E-state index is 12.0. The number of halogens is 1. The lowest BCUT2D eigenvalue weighted by molar-refractivity contribution is -0.117. The van der Waals surface area contributed by atoms with Crippen LogP contribution in [-0.2, 0) is 11.2 Å². The Kier molecular flexibility index (Phi) is 4.61. The first kappa shape index (κ1) is 14.4. The van der Waals surface area contributed by atoms with Crippen molar-refractivity contribution < 1.29 is 9.90 Å². The van der Waals surface area contributed by atoms with Crippen LogP contribution in [0.1, 0.15) is 5.56 Å². The number of nitrogens with two attached hydrogens (primary N) is 1. The van der Waals surface area contributed by atoms with Crippen LogP contribution in [-0.4, -0.2) is 17.1 Å². The monoisotopic (exact) mass is 290 g/mol. The standard InChI is InChI=1S/C15H15ClN2O2/c16-12-9-11(6-7-14(12)19)18-15(20)13(17)8-10-4-2-1-3-5-10/h1-7,9,13,19H,8,17H2,(H,18,20). The van der Waals surface area contributed by atoms with Gasteiger partial charge in [0, 0.05) is 5.69 Å². The summed E-state index contributed by atoms with van der Waals surface area (Å²) in [4.78, 5) is 12.0. The number of anilines is 1. The Morgan fingerprint density at radius 2 is 1.95 bits per heavy atom. The topological polar surface area (TPSA) is 75.4 Å². The van der Waals surface area contributed by atoms with Crippen LogP contribution in [0, 0.1) is 0 Å².